The van der Waals surface area contributed by atoms with Gasteiger partial charge in [0.2, 0.25) is 0 Å². The van der Waals surface area contributed by atoms with Gasteiger partial charge in [0, 0.05) is 17.1 Å². The van der Waals surface area contributed by atoms with Crippen molar-refractivity contribution in [3.63, 3.8) is 0 Å². The van der Waals surface area contributed by atoms with Crippen LogP contribution in [0, 0.1) is 0 Å². The molecule has 1 unspecified atom stereocenters. The van der Waals surface area contributed by atoms with Gasteiger partial charge in [0.05, 0.1) is 32.9 Å². The van der Waals surface area contributed by atoms with Crippen molar-refractivity contribution < 1.29 is 28.9 Å². The predicted octanol–water partition coefficient (Wildman–Crippen LogP) is 4.99. The van der Waals surface area contributed by atoms with Crippen LogP contribution in [0.2, 0.25) is 5.02 Å². The average Bonchev–Trinajstić information content (AvgIpc) is 3.13. The van der Waals surface area contributed by atoms with Crippen molar-refractivity contribution in [2.24, 2.45) is 0 Å². The maximum absolute atomic E-state index is 13.2. The van der Waals surface area contributed by atoms with Crippen LogP contribution in [0.3, 0.4) is 0 Å². The highest BCUT2D eigenvalue weighted by molar-refractivity contribution is 6.46. The lowest BCUT2D eigenvalue weighted by atomic mass is 9.95. The Hall–Kier alpha value is -3.97. The van der Waals surface area contributed by atoms with Crippen molar-refractivity contribution in [1.29, 1.82) is 0 Å². The van der Waals surface area contributed by atoms with Gasteiger partial charge < -0.3 is 24.2 Å². The minimum Gasteiger partial charge on any atom is -0.507 e. The zero-order valence-corrected chi connectivity index (χ0v) is 20.2. The molecule has 3 aromatic rings. The molecule has 7 nitrogen and oxygen atoms in total. The molecule has 0 saturated carbocycles. The number of carbonyl (C=O) groups is 2. The van der Waals surface area contributed by atoms with Gasteiger partial charge >= 0.3 is 0 Å². The first-order valence-corrected chi connectivity index (χ1v) is 11.1. The van der Waals surface area contributed by atoms with Crippen LogP contribution in [0.1, 0.15) is 22.7 Å². The molecule has 4 rings (SSSR count). The largest absolute Gasteiger partial charge is 0.507 e. The van der Waals surface area contributed by atoms with Crippen molar-refractivity contribution in [3.8, 4) is 17.2 Å². The third-order valence-corrected chi connectivity index (χ3v) is 6.15. The number of hydrogen-bond donors (Lipinski definition) is 1. The molecule has 0 aromatic heterocycles. The summed E-state index contributed by atoms with van der Waals surface area (Å²) in [4.78, 5) is 27.9. The Labute approximate surface area is 208 Å². The normalized spacial score (nSPS) is 16.9. The van der Waals surface area contributed by atoms with Crippen molar-refractivity contribution in [1.82, 2.24) is 4.90 Å². The Morgan fingerprint density at radius 1 is 0.886 bits per heavy atom. The number of nitrogens with zero attached hydrogens (tertiary/aromatic N) is 1. The third-order valence-electron chi connectivity index (χ3n) is 5.89. The van der Waals surface area contributed by atoms with E-state index >= 15 is 0 Å². The van der Waals surface area contributed by atoms with E-state index < -0.39 is 17.7 Å². The standard InChI is InChI=1S/C27H24ClNO6/c1-33-20-11-4-16(5-12-20)15-29-24(17-6-9-19(28)10-7-17)23(26(31)27(29)32)25(30)18-8-13-21(34-2)22(14-18)35-3/h4-14,24,30H,15H2,1-3H3/b25-23-. The molecule has 1 amide bonds. The summed E-state index contributed by atoms with van der Waals surface area (Å²) in [6.45, 7) is 0.157. The number of hydrogen-bond acceptors (Lipinski definition) is 6. The number of ketones is 1. The molecule has 1 atom stereocenters. The number of aliphatic hydroxyl groups is 1. The van der Waals surface area contributed by atoms with Crippen LogP contribution in [-0.4, -0.2) is 43.0 Å². The number of ether oxygens (including phenoxy) is 3. The summed E-state index contributed by atoms with van der Waals surface area (Å²) in [5, 5.41) is 11.8. The first kappa shape index (κ1) is 24.2. The van der Waals surface area contributed by atoms with Crippen molar-refractivity contribution in [3.05, 3.63) is 94.0 Å². The van der Waals surface area contributed by atoms with Gasteiger partial charge in [-0.3, -0.25) is 9.59 Å². The molecule has 1 N–H and O–H groups in total. The highest BCUT2D eigenvalue weighted by Gasteiger charge is 2.46. The summed E-state index contributed by atoms with van der Waals surface area (Å²) in [5.41, 5.74) is 1.75. The molecule has 8 heteroatoms. The number of methoxy groups -OCH3 is 3. The Morgan fingerprint density at radius 2 is 1.54 bits per heavy atom. The van der Waals surface area contributed by atoms with Gasteiger partial charge in [0.15, 0.2) is 11.5 Å². The highest BCUT2D eigenvalue weighted by atomic mass is 35.5. The molecule has 0 radical (unpaired) electrons. The molecule has 1 saturated heterocycles. The summed E-state index contributed by atoms with van der Waals surface area (Å²) in [7, 11) is 4.55. The molecule has 0 bridgehead atoms. The van der Waals surface area contributed by atoms with Gasteiger partial charge in [0.25, 0.3) is 11.7 Å². The van der Waals surface area contributed by atoms with E-state index in [1.165, 1.54) is 19.1 Å². The number of halogens is 1. The van der Waals surface area contributed by atoms with E-state index in [2.05, 4.69) is 0 Å². The Kier molecular flexibility index (Phi) is 6.98. The molecule has 35 heavy (non-hydrogen) atoms. The summed E-state index contributed by atoms with van der Waals surface area (Å²) >= 11 is 6.08. The SMILES string of the molecule is COc1ccc(CN2C(=O)C(=O)/C(=C(\O)c3ccc(OC)c(OC)c3)C2c2ccc(Cl)cc2)cc1. The van der Waals surface area contributed by atoms with Crippen molar-refractivity contribution >= 4 is 29.1 Å². The van der Waals surface area contributed by atoms with Gasteiger partial charge in [-0.1, -0.05) is 35.9 Å². The highest BCUT2D eigenvalue weighted by Crippen LogP contribution is 2.41. The molecule has 1 fully saturated rings. The van der Waals surface area contributed by atoms with Crippen LogP contribution in [0.4, 0.5) is 0 Å². The maximum Gasteiger partial charge on any atom is 0.295 e. The number of aliphatic hydroxyl groups excluding tert-OH is 1. The van der Waals surface area contributed by atoms with E-state index in [9.17, 15) is 14.7 Å². The van der Waals surface area contributed by atoms with E-state index in [0.717, 1.165) is 5.56 Å². The quantitative estimate of drug-likeness (QED) is 0.283. The molecular weight excluding hydrogens is 470 g/mol. The lowest BCUT2D eigenvalue weighted by Gasteiger charge is -2.25. The van der Waals surface area contributed by atoms with E-state index in [4.69, 9.17) is 25.8 Å². The molecule has 3 aromatic carbocycles. The van der Waals surface area contributed by atoms with Gasteiger partial charge in [0.1, 0.15) is 11.5 Å². The zero-order chi connectivity index (χ0) is 25.1. The fourth-order valence-corrected chi connectivity index (χ4v) is 4.23. The minimum atomic E-state index is -0.817. The number of benzene rings is 3. The molecule has 0 aliphatic carbocycles. The Balaban J connectivity index is 1.83. The molecular formula is C27H24ClNO6. The van der Waals surface area contributed by atoms with E-state index in [1.54, 1.807) is 61.7 Å². The van der Waals surface area contributed by atoms with E-state index in [1.807, 2.05) is 12.1 Å². The van der Waals surface area contributed by atoms with Crippen molar-refractivity contribution in [2.45, 2.75) is 12.6 Å². The zero-order valence-electron chi connectivity index (χ0n) is 19.4. The number of likely N-dealkylation sites (tertiary alicyclic amines) is 1. The second-order valence-corrected chi connectivity index (χ2v) is 8.33. The van der Waals surface area contributed by atoms with Crippen LogP contribution < -0.4 is 14.2 Å². The molecule has 1 aliphatic rings. The lowest BCUT2D eigenvalue weighted by molar-refractivity contribution is -0.140. The second-order valence-electron chi connectivity index (χ2n) is 7.90. The van der Waals surface area contributed by atoms with Gasteiger partial charge in [-0.25, -0.2) is 0 Å². The van der Waals surface area contributed by atoms with Crippen LogP contribution in [0.5, 0.6) is 17.2 Å². The third kappa shape index (κ3) is 4.68. The molecule has 0 spiro atoms. The van der Waals surface area contributed by atoms with Crippen molar-refractivity contribution in [2.75, 3.05) is 21.3 Å². The molecule has 1 heterocycles. The fourth-order valence-electron chi connectivity index (χ4n) is 4.10. The fraction of sp³-hybridized carbons (Fsp3) is 0.185. The van der Waals surface area contributed by atoms with E-state index in [-0.39, 0.29) is 17.9 Å². The number of carbonyl (C=O) groups excluding carboxylic acids is 2. The summed E-state index contributed by atoms with van der Waals surface area (Å²) in [6.07, 6.45) is 0. The van der Waals surface area contributed by atoms with Crippen LogP contribution in [0.15, 0.2) is 72.3 Å². The monoisotopic (exact) mass is 493 g/mol. The summed E-state index contributed by atoms with van der Waals surface area (Å²) < 4.78 is 15.8. The van der Waals surface area contributed by atoms with Gasteiger partial charge in [-0.2, -0.15) is 0 Å². The summed E-state index contributed by atoms with van der Waals surface area (Å²) in [6, 6.07) is 18.0. The minimum absolute atomic E-state index is 0.0157. The average molecular weight is 494 g/mol. The topological polar surface area (TPSA) is 85.3 Å². The van der Waals surface area contributed by atoms with Crippen LogP contribution >= 0.6 is 11.6 Å². The van der Waals surface area contributed by atoms with Gasteiger partial charge in [-0.15, -0.1) is 0 Å². The van der Waals surface area contributed by atoms with E-state index in [0.29, 0.717) is 33.4 Å². The predicted molar refractivity (Wildman–Crippen MR) is 132 cm³/mol. The molecule has 180 valence electrons. The first-order valence-electron chi connectivity index (χ1n) is 10.8. The Bertz CT molecular complexity index is 1280. The number of amides is 1. The van der Waals surface area contributed by atoms with Crippen LogP contribution in [0.25, 0.3) is 5.76 Å². The molecule has 1 aliphatic heterocycles. The number of rotatable bonds is 7. The lowest BCUT2D eigenvalue weighted by Crippen LogP contribution is -2.29. The maximum atomic E-state index is 13.2. The Morgan fingerprint density at radius 3 is 2.14 bits per heavy atom. The van der Waals surface area contributed by atoms with Crippen LogP contribution in [-0.2, 0) is 16.1 Å². The van der Waals surface area contributed by atoms with Gasteiger partial charge in [-0.05, 0) is 53.6 Å². The number of Topliss-reactive ketones (excluding diaryl/α,β-unsaturated/α-hetero) is 1. The smallest absolute Gasteiger partial charge is 0.295 e. The summed E-state index contributed by atoms with van der Waals surface area (Å²) in [5.74, 6) is -0.251. The second kappa shape index (κ2) is 10.1. The first-order chi connectivity index (χ1) is 16.9.